The summed E-state index contributed by atoms with van der Waals surface area (Å²) in [5.74, 6) is 0. The first-order chi connectivity index (χ1) is 8.66. The van der Waals surface area contributed by atoms with Gasteiger partial charge < -0.3 is 15.5 Å². The molecule has 2 N–H and O–H groups in total. The van der Waals surface area contributed by atoms with E-state index in [1.54, 1.807) is 0 Å². The summed E-state index contributed by atoms with van der Waals surface area (Å²) in [4.78, 5) is 2.14. The van der Waals surface area contributed by atoms with Gasteiger partial charge in [-0.15, -0.1) is 0 Å². The number of benzene rings is 1. The molecular weight excluding hydrogens is 222 g/mol. The zero-order chi connectivity index (χ0) is 13.0. The van der Waals surface area contributed by atoms with E-state index in [1.807, 2.05) is 0 Å². The maximum absolute atomic E-state index is 3.57. The molecule has 1 aromatic rings. The lowest BCUT2D eigenvalue weighted by Gasteiger charge is -2.24. The van der Waals surface area contributed by atoms with E-state index in [4.69, 9.17) is 0 Å². The number of nitrogens with zero attached hydrogens (tertiary/aromatic N) is 1. The van der Waals surface area contributed by atoms with Gasteiger partial charge in [-0.05, 0) is 50.1 Å². The Morgan fingerprint density at radius 1 is 1.33 bits per heavy atom. The molecule has 0 saturated carbocycles. The minimum atomic E-state index is 0.631. The minimum absolute atomic E-state index is 0.631. The standard InChI is InChI=1S/C15H25N3/c1-12-10-14(18(2)3)7-8-15(12)17-11-13-6-4-5-9-16-13/h7-8,10,13,16-17H,4-6,9,11H2,1-3H3. The van der Waals surface area contributed by atoms with Crippen molar-refractivity contribution in [3.63, 3.8) is 0 Å². The maximum Gasteiger partial charge on any atom is 0.0371 e. The predicted octanol–water partition coefficient (Wildman–Crippen LogP) is 2.62. The summed E-state index contributed by atoms with van der Waals surface area (Å²) in [7, 11) is 4.15. The smallest absolute Gasteiger partial charge is 0.0371 e. The van der Waals surface area contributed by atoms with E-state index in [0.29, 0.717) is 6.04 Å². The van der Waals surface area contributed by atoms with Gasteiger partial charge in [0, 0.05) is 38.1 Å². The lowest BCUT2D eigenvalue weighted by atomic mass is 10.0. The van der Waals surface area contributed by atoms with E-state index in [0.717, 1.165) is 6.54 Å². The van der Waals surface area contributed by atoms with Gasteiger partial charge >= 0.3 is 0 Å². The predicted molar refractivity (Wildman–Crippen MR) is 79.6 cm³/mol. The van der Waals surface area contributed by atoms with Gasteiger partial charge in [0.15, 0.2) is 0 Å². The molecule has 0 bridgehead atoms. The van der Waals surface area contributed by atoms with Gasteiger partial charge in [-0.1, -0.05) is 6.42 Å². The second kappa shape index (κ2) is 6.10. The normalized spacial score (nSPS) is 19.6. The fourth-order valence-corrected chi connectivity index (χ4v) is 2.46. The van der Waals surface area contributed by atoms with Crippen LogP contribution in [0.3, 0.4) is 0 Å². The molecule has 0 spiro atoms. The molecule has 100 valence electrons. The summed E-state index contributed by atoms with van der Waals surface area (Å²) in [6, 6.07) is 7.22. The fourth-order valence-electron chi connectivity index (χ4n) is 2.46. The van der Waals surface area contributed by atoms with Gasteiger partial charge in [0.25, 0.3) is 0 Å². The molecule has 0 radical (unpaired) electrons. The van der Waals surface area contributed by atoms with Crippen molar-refractivity contribution in [1.82, 2.24) is 5.32 Å². The Kier molecular flexibility index (Phi) is 4.48. The van der Waals surface area contributed by atoms with Gasteiger partial charge in [-0.3, -0.25) is 0 Å². The van der Waals surface area contributed by atoms with Crippen LogP contribution in [0.25, 0.3) is 0 Å². The highest BCUT2D eigenvalue weighted by atomic mass is 15.1. The minimum Gasteiger partial charge on any atom is -0.383 e. The first-order valence-corrected chi connectivity index (χ1v) is 6.92. The molecule has 1 heterocycles. The molecule has 2 rings (SSSR count). The molecular formula is C15H25N3. The zero-order valence-electron chi connectivity index (χ0n) is 11.8. The Bertz CT molecular complexity index is 381. The third-order valence-corrected chi connectivity index (χ3v) is 3.68. The summed E-state index contributed by atoms with van der Waals surface area (Å²) < 4.78 is 0. The van der Waals surface area contributed by atoms with Crippen molar-refractivity contribution >= 4 is 11.4 Å². The second-order valence-corrected chi connectivity index (χ2v) is 5.42. The van der Waals surface area contributed by atoms with Crippen LogP contribution in [0.1, 0.15) is 24.8 Å². The van der Waals surface area contributed by atoms with Gasteiger partial charge in [-0.2, -0.15) is 0 Å². The zero-order valence-corrected chi connectivity index (χ0v) is 11.8. The Labute approximate surface area is 111 Å². The van der Waals surface area contributed by atoms with Gasteiger partial charge in [0.05, 0.1) is 0 Å². The van der Waals surface area contributed by atoms with E-state index in [2.05, 4.69) is 54.8 Å². The molecule has 1 saturated heterocycles. The molecule has 0 aromatic heterocycles. The summed E-state index contributed by atoms with van der Waals surface area (Å²) in [5, 5.41) is 7.14. The maximum atomic E-state index is 3.57. The van der Waals surface area contributed by atoms with Crippen LogP contribution < -0.4 is 15.5 Å². The van der Waals surface area contributed by atoms with Crippen LogP contribution in [0.2, 0.25) is 0 Å². The molecule has 18 heavy (non-hydrogen) atoms. The summed E-state index contributed by atoms with van der Waals surface area (Å²) in [5.41, 5.74) is 3.83. The first-order valence-electron chi connectivity index (χ1n) is 6.92. The van der Waals surface area contributed by atoms with E-state index >= 15 is 0 Å². The Morgan fingerprint density at radius 2 is 2.17 bits per heavy atom. The molecule has 1 atom stereocenters. The van der Waals surface area contributed by atoms with Crippen molar-refractivity contribution in [2.45, 2.75) is 32.2 Å². The van der Waals surface area contributed by atoms with Crippen LogP contribution >= 0.6 is 0 Å². The molecule has 3 heteroatoms. The van der Waals surface area contributed by atoms with E-state index in [1.165, 1.54) is 42.7 Å². The molecule has 0 aliphatic carbocycles. The number of piperidine rings is 1. The average molecular weight is 247 g/mol. The third kappa shape index (κ3) is 3.39. The van der Waals surface area contributed by atoms with Crippen molar-refractivity contribution in [3.05, 3.63) is 23.8 Å². The third-order valence-electron chi connectivity index (χ3n) is 3.68. The van der Waals surface area contributed by atoms with Crippen LogP contribution in [0, 0.1) is 6.92 Å². The van der Waals surface area contributed by atoms with E-state index in [9.17, 15) is 0 Å². The highest BCUT2D eigenvalue weighted by Gasteiger charge is 2.12. The van der Waals surface area contributed by atoms with Crippen LogP contribution in [-0.2, 0) is 0 Å². The molecule has 3 nitrogen and oxygen atoms in total. The molecule has 1 fully saturated rings. The van der Waals surface area contributed by atoms with E-state index < -0.39 is 0 Å². The number of hydrogen-bond donors (Lipinski definition) is 2. The average Bonchev–Trinajstić information content (AvgIpc) is 2.38. The number of aryl methyl sites for hydroxylation is 1. The number of nitrogens with one attached hydrogen (secondary N) is 2. The SMILES string of the molecule is Cc1cc(N(C)C)ccc1NCC1CCCCN1. The highest BCUT2D eigenvalue weighted by molar-refractivity contribution is 5.59. The summed E-state index contributed by atoms with van der Waals surface area (Å²) in [6.07, 6.45) is 3.98. The lowest BCUT2D eigenvalue weighted by molar-refractivity contribution is 0.414. The number of anilines is 2. The monoisotopic (exact) mass is 247 g/mol. The molecule has 1 aliphatic rings. The first kappa shape index (κ1) is 13.2. The molecule has 1 aliphatic heterocycles. The summed E-state index contributed by atoms with van der Waals surface area (Å²) >= 11 is 0. The van der Waals surface area contributed by atoms with Gasteiger partial charge in [-0.25, -0.2) is 0 Å². The van der Waals surface area contributed by atoms with Gasteiger partial charge in [0.2, 0.25) is 0 Å². The van der Waals surface area contributed by atoms with E-state index in [-0.39, 0.29) is 0 Å². The van der Waals surface area contributed by atoms with Crippen LogP contribution in [-0.4, -0.2) is 33.2 Å². The largest absolute Gasteiger partial charge is 0.383 e. The van der Waals surface area contributed by atoms with Crippen molar-refractivity contribution in [3.8, 4) is 0 Å². The molecule has 1 unspecified atom stereocenters. The topological polar surface area (TPSA) is 27.3 Å². The van der Waals surface area contributed by atoms with Crippen LogP contribution in [0.4, 0.5) is 11.4 Å². The Hall–Kier alpha value is -1.22. The van der Waals surface area contributed by atoms with Crippen molar-refractivity contribution < 1.29 is 0 Å². The summed E-state index contributed by atoms with van der Waals surface area (Å²) in [6.45, 7) is 4.37. The number of hydrogen-bond acceptors (Lipinski definition) is 3. The van der Waals surface area contributed by atoms with Crippen molar-refractivity contribution in [2.75, 3.05) is 37.4 Å². The van der Waals surface area contributed by atoms with Crippen molar-refractivity contribution in [2.24, 2.45) is 0 Å². The molecule has 1 aromatic carbocycles. The van der Waals surface area contributed by atoms with Gasteiger partial charge in [0.1, 0.15) is 0 Å². The quantitative estimate of drug-likeness (QED) is 0.856. The fraction of sp³-hybridized carbons (Fsp3) is 0.600. The molecule has 0 amide bonds. The number of rotatable bonds is 4. The Morgan fingerprint density at radius 3 is 2.78 bits per heavy atom. The second-order valence-electron chi connectivity index (χ2n) is 5.42. The van der Waals surface area contributed by atoms with Crippen LogP contribution in [0.15, 0.2) is 18.2 Å². The lowest BCUT2D eigenvalue weighted by Crippen LogP contribution is -2.39. The van der Waals surface area contributed by atoms with Crippen molar-refractivity contribution in [1.29, 1.82) is 0 Å². The Balaban J connectivity index is 1.92. The highest BCUT2D eigenvalue weighted by Crippen LogP contribution is 2.21. The van der Waals surface area contributed by atoms with Crippen LogP contribution in [0.5, 0.6) is 0 Å².